The van der Waals surface area contributed by atoms with Crippen molar-refractivity contribution in [3.05, 3.63) is 17.7 Å². The predicted octanol–water partition coefficient (Wildman–Crippen LogP) is -2.94. The number of likely N-dealkylation sites (tertiary alicyclic amines) is 1. The van der Waals surface area contributed by atoms with Gasteiger partial charge in [-0.1, -0.05) is 6.08 Å². The van der Waals surface area contributed by atoms with E-state index in [4.69, 9.17) is 10.7 Å². The summed E-state index contributed by atoms with van der Waals surface area (Å²) in [4.78, 5) is 24.2. The highest BCUT2D eigenvalue weighted by Gasteiger charge is 2.46. The molecule has 12 nitrogen and oxygen atoms in total. The third-order valence-electron chi connectivity index (χ3n) is 5.11. The number of hydrazine groups is 2. The van der Waals surface area contributed by atoms with Crippen LogP contribution in [0.5, 0.6) is 0 Å². The summed E-state index contributed by atoms with van der Waals surface area (Å²) in [5.74, 6) is 2.59. The number of hydrogen-bond donors (Lipinski definition) is 6. The standard InChI is InChI=1S/C16H26N10O2/c17-14-15(23-28-22-14)26-12(10-25-6-1-2-7-25)13(20-24-26)16(27)21-19-9-11-4-3-5-18-8-11/h3-4,9,12-15,20,22-24H,1-2,5-7,10,17H2,(H,21,27)/b19-9+. The summed E-state index contributed by atoms with van der Waals surface area (Å²) >= 11 is 0. The minimum Gasteiger partial charge on any atom is -0.312 e. The number of carbonyl (C=O) groups is 1. The molecule has 3 fully saturated rings. The van der Waals surface area contributed by atoms with Gasteiger partial charge < -0.3 is 10.6 Å². The van der Waals surface area contributed by atoms with E-state index in [2.05, 4.69) is 48.2 Å². The van der Waals surface area contributed by atoms with Gasteiger partial charge in [0.2, 0.25) is 0 Å². The molecule has 4 atom stereocenters. The molecule has 0 aromatic rings. The minimum absolute atomic E-state index is 0.171. The highest BCUT2D eigenvalue weighted by molar-refractivity contribution is 5.95. The molecule has 152 valence electrons. The fraction of sp³-hybridized carbons (Fsp3) is 0.625. The Balaban J connectivity index is 1.42. The van der Waals surface area contributed by atoms with Gasteiger partial charge in [-0.2, -0.15) is 21.6 Å². The van der Waals surface area contributed by atoms with Crippen molar-refractivity contribution >= 4 is 18.0 Å². The van der Waals surface area contributed by atoms with Crippen LogP contribution in [-0.4, -0.2) is 78.5 Å². The van der Waals surface area contributed by atoms with Crippen LogP contribution < -0.4 is 33.1 Å². The summed E-state index contributed by atoms with van der Waals surface area (Å²) in [6.07, 6.45) is 6.85. The number of rotatable bonds is 6. The first-order valence-electron chi connectivity index (χ1n) is 9.45. The van der Waals surface area contributed by atoms with E-state index in [1.165, 1.54) is 19.1 Å². The Kier molecular flexibility index (Phi) is 6.22. The lowest BCUT2D eigenvalue weighted by atomic mass is 10.1. The third kappa shape index (κ3) is 4.36. The van der Waals surface area contributed by atoms with Gasteiger partial charge in [0, 0.05) is 6.54 Å². The van der Waals surface area contributed by atoms with Crippen molar-refractivity contribution in [2.45, 2.75) is 37.3 Å². The average Bonchev–Trinajstić information content (AvgIpc) is 3.44. The number of allylic oxidation sites excluding steroid dienone is 2. The van der Waals surface area contributed by atoms with E-state index in [0.29, 0.717) is 18.7 Å². The van der Waals surface area contributed by atoms with E-state index < -0.39 is 12.2 Å². The maximum Gasteiger partial charge on any atom is 0.260 e. The topological polar surface area (TPSA) is 144 Å². The molecule has 0 aromatic heterocycles. The Morgan fingerprint density at radius 3 is 3.04 bits per heavy atom. The van der Waals surface area contributed by atoms with Crippen molar-refractivity contribution in [2.75, 3.05) is 26.2 Å². The van der Waals surface area contributed by atoms with Gasteiger partial charge in [-0.3, -0.25) is 4.79 Å². The SMILES string of the molecule is NC1NONC1N1NNC(C(=O)N/N=C/C2=C=NCC=C2)C1CN1CCCC1. The molecule has 0 saturated carbocycles. The van der Waals surface area contributed by atoms with Gasteiger partial charge in [0.1, 0.15) is 18.4 Å². The predicted molar refractivity (Wildman–Crippen MR) is 102 cm³/mol. The molecule has 12 heteroatoms. The van der Waals surface area contributed by atoms with Crippen molar-refractivity contribution in [1.82, 2.24) is 37.3 Å². The van der Waals surface area contributed by atoms with Crippen LogP contribution in [0.4, 0.5) is 0 Å². The van der Waals surface area contributed by atoms with Crippen molar-refractivity contribution in [3.8, 4) is 0 Å². The Bertz CT molecular complexity index is 698. The van der Waals surface area contributed by atoms with Crippen LogP contribution in [-0.2, 0) is 9.73 Å². The molecule has 3 saturated heterocycles. The second-order valence-corrected chi connectivity index (χ2v) is 7.07. The molecule has 0 bridgehead atoms. The molecule has 0 spiro atoms. The summed E-state index contributed by atoms with van der Waals surface area (Å²) in [5.41, 5.74) is 21.0. The Morgan fingerprint density at radius 1 is 1.46 bits per heavy atom. The van der Waals surface area contributed by atoms with Gasteiger partial charge >= 0.3 is 0 Å². The number of amides is 1. The fourth-order valence-corrected chi connectivity index (χ4v) is 3.67. The van der Waals surface area contributed by atoms with Crippen LogP contribution in [0.15, 0.2) is 27.8 Å². The molecule has 0 aromatic carbocycles. The van der Waals surface area contributed by atoms with Crippen molar-refractivity contribution in [1.29, 1.82) is 0 Å². The maximum atomic E-state index is 12.8. The van der Waals surface area contributed by atoms with Crippen LogP contribution in [0, 0.1) is 0 Å². The zero-order valence-corrected chi connectivity index (χ0v) is 15.5. The van der Waals surface area contributed by atoms with Crippen LogP contribution >= 0.6 is 0 Å². The number of hydrazone groups is 1. The molecule has 4 aliphatic heterocycles. The third-order valence-corrected chi connectivity index (χ3v) is 5.11. The summed E-state index contributed by atoms with van der Waals surface area (Å²) in [6.45, 7) is 3.38. The molecule has 4 unspecified atom stereocenters. The maximum absolute atomic E-state index is 12.8. The molecular formula is C16H26N10O2. The van der Waals surface area contributed by atoms with Gasteiger partial charge in [0.15, 0.2) is 0 Å². The zero-order valence-electron chi connectivity index (χ0n) is 15.5. The molecule has 1 amide bonds. The zero-order chi connectivity index (χ0) is 19.3. The average molecular weight is 390 g/mol. The minimum atomic E-state index is -0.517. The molecule has 4 aliphatic rings. The molecule has 0 aliphatic carbocycles. The molecular weight excluding hydrogens is 364 g/mol. The van der Waals surface area contributed by atoms with E-state index in [1.54, 1.807) is 0 Å². The lowest BCUT2D eigenvalue weighted by molar-refractivity contribution is -0.123. The lowest BCUT2D eigenvalue weighted by Crippen LogP contribution is -2.61. The summed E-state index contributed by atoms with van der Waals surface area (Å²) in [5, 5.41) is 5.92. The number of carbonyl (C=O) groups excluding carboxylic acids is 1. The van der Waals surface area contributed by atoms with Gasteiger partial charge in [-0.15, -0.1) is 0 Å². The van der Waals surface area contributed by atoms with Crippen molar-refractivity contribution < 1.29 is 9.73 Å². The summed E-state index contributed by atoms with van der Waals surface area (Å²) < 4.78 is 0. The molecule has 7 N–H and O–H groups in total. The Hall–Kier alpha value is -1.99. The first kappa shape index (κ1) is 19.3. The van der Waals surface area contributed by atoms with Crippen LogP contribution in [0.2, 0.25) is 0 Å². The van der Waals surface area contributed by atoms with Crippen molar-refractivity contribution in [2.24, 2.45) is 15.8 Å². The second-order valence-electron chi connectivity index (χ2n) is 7.07. The van der Waals surface area contributed by atoms with E-state index in [-0.39, 0.29) is 18.1 Å². The van der Waals surface area contributed by atoms with Gasteiger partial charge in [0.25, 0.3) is 5.91 Å². The number of nitrogens with two attached hydrogens (primary N) is 1. The number of nitrogens with one attached hydrogen (secondary N) is 5. The van der Waals surface area contributed by atoms with Crippen LogP contribution in [0.1, 0.15) is 12.8 Å². The number of nitrogens with zero attached hydrogens (tertiary/aromatic N) is 4. The second kappa shape index (κ2) is 9.01. The normalized spacial score (nSPS) is 33.8. The monoisotopic (exact) mass is 390 g/mol. The quantitative estimate of drug-likeness (QED) is 0.207. The first-order chi connectivity index (χ1) is 13.7. The molecule has 4 heterocycles. The number of aliphatic imine (C=N–C) groups is 1. The highest BCUT2D eigenvalue weighted by Crippen LogP contribution is 2.18. The molecule has 28 heavy (non-hydrogen) atoms. The largest absolute Gasteiger partial charge is 0.312 e. The summed E-state index contributed by atoms with van der Waals surface area (Å²) in [7, 11) is 0. The molecule has 0 radical (unpaired) electrons. The van der Waals surface area contributed by atoms with Gasteiger partial charge in [-0.25, -0.2) is 25.8 Å². The Labute approximate surface area is 162 Å². The highest BCUT2D eigenvalue weighted by atomic mass is 16.8. The van der Waals surface area contributed by atoms with Gasteiger partial charge in [-0.05, 0) is 37.9 Å². The Morgan fingerprint density at radius 2 is 2.32 bits per heavy atom. The van der Waals surface area contributed by atoms with E-state index in [0.717, 1.165) is 13.1 Å². The summed E-state index contributed by atoms with van der Waals surface area (Å²) in [6, 6.07) is -0.687. The lowest BCUT2D eigenvalue weighted by Gasteiger charge is -2.33. The van der Waals surface area contributed by atoms with E-state index in [9.17, 15) is 4.79 Å². The molecule has 4 rings (SSSR count). The van der Waals surface area contributed by atoms with Crippen molar-refractivity contribution in [3.63, 3.8) is 0 Å². The van der Waals surface area contributed by atoms with Crippen LogP contribution in [0.3, 0.4) is 0 Å². The first-order valence-corrected chi connectivity index (χ1v) is 9.45. The number of hydrogen-bond acceptors (Lipinski definition) is 11. The van der Waals surface area contributed by atoms with E-state index in [1.807, 2.05) is 17.2 Å². The fourth-order valence-electron chi connectivity index (χ4n) is 3.67. The number of hydroxylamine groups is 2. The van der Waals surface area contributed by atoms with Crippen LogP contribution in [0.25, 0.3) is 0 Å². The smallest absolute Gasteiger partial charge is 0.260 e. The van der Waals surface area contributed by atoms with E-state index >= 15 is 0 Å². The van der Waals surface area contributed by atoms with Gasteiger partial charge in [0.05, 0.1) is 24.4 Å².